The van der Waals surface area contributed by atoms with Crippen molar-refractivity contribution in [1.82, 2.24) is 5.32 Å². The first-order chi connectivity index (χ1) is 9.13. The summed E-state index contributed by atoms with van der Waals surface area (Å²) in [5.41, 5.74) is 0.659. The summed E-state index contributed by atoms with van der Waals surface area (Å²) in [4.78, 5) is 11.9. The summed E-state index contributed by atoms with van der Waals surface area (Å²) >= 11 is 5.79. The maximum Gasteiger partial charge on any atom is 0.251 e. The van der Waals surface area contributed by atoms with Crippen LogP contribution in [0.3, 0.4) is 0 Å². The zero-order chi connectivity index (χ0) is 14.1. The van der Waals surface area contributed by atoms with Crippen molar-refractivity contribution < 1.29 is 4.79 Å². The maximum absolute atomic E-state index is 11.9. The van der Waals surface area contributed by atoms with Gasteiger partial charge in [0, 0.05) is 17.1 Å². The second kappa shape index (κ2) is 8.98. The molecular weight excluding hydrogens is 258 g/mol. The molecule has 0 spiro atoms. The molecule has 0 bridgehead atoms. The van der Waals surface area contributed by atoms with Gasteiger partial charge in [-0.3, -0.25) is 4.79 Å². The van der Waals surface area contributed by atoms with E-state index in [1.807, 2.05) is 0 Å². The molecule has 0 aromatic heterocycles. The van der Waals surface area contributed by atoms with Crippen molar-refractivity contribution in [2.45, 2.75) is 39.5 Å². The lowest BCUT2D eigenvalue weighted by Gasteiger charge is -2.12. The molecule has 0 aliphatic rings. The van der Waals surface area contributed by atoms with Gasteiger partial charge in [-0.05, 0) is 43.0 Å². The summed E-state index contributed by atoms with van der Waals surface area (Å²) in [6.45, 7) is 5.07. The van der Waals surface area contributed by atoms with Gasteiger partial charge in [0.2, 0.25) is 0 Å². The highest BCUT2D eigenvalue weighted by Crippen LogP contribution is 2.11. The molecule has 1 aromatic carbocycles. The number of unbranched alkanes of at least 4 members (excludes halogenated alkanes) is 3. The Bertz CT molecular complexity index is 375. The molecule has 1 aromatic rings. The highest BCUT2D eigenvalue weighted by atomic mass is 35.5. The zero-order valence-corrected chi connectivity index (χ0v) is 12.5. The molecule has 0 saturated carbocycles. The molecule has 1 atom stereocenters. The van der Waals surface area contributed by atoms with Gasteiger partial charge < -0.3 is 5.32 Å². The topological polar surface area (TPSA) is 29.1 Å². The van der Waals surface area contributed by atoms with E-state index in [0.29, 0.717) is 23.0 Å². The molecule has 0 aliphatic heterocycles. The molecule has 3 heteroatoms. The number of rotatable bonds is 8. The van der Waals surface area contributed by atoms with E-state index in [1.165, 1.54) is 19.3 Å². The monoisotopic (exact) mass is 280 g/mol. The van der Waals surface area contributed by atoms with Crippen LogP contribution in [0.1, 0.15) is 49.9 Å². The second-order valence-corrected chi connectivity index (χ2v) is 5.43. The van der Waals surface area contributed by atoms with Crippen molar-refractivity contribution in [2.75, 3.05) is 6.54 Å². The first-order valence-electron chi connectivity index (χ1n) is 6.99. The van der Waals surface area contributed by atoms with Gasteiger partial charge in [0.05, 0.1) is 0 Å². The Kier molecular flexibility index (Phi) is 7.57. The van der Waals surface area contributed by atoms with Crippen LogP contribution >= 0.6 is 11.6 Å². The van der Waals surface area contributed by atoms with E-state index < -0.39 is 0 Å². The third-order valence-electron chi connectivity index (χ3n) is 3.05. The Hall–Kier alpha value is -1.02. The van der Waals surface area contributed by atoms with Gasteiger partial charge >= 0.3 is 0 Å². The van der Waals surface area contributed by atoms with Crippen LogP contribution in [0.4, 0.5) is 0 Å². The molecule has 1 N–H and O–H groups in total. The van der Waals surface area contributed by atoms with E-state index in [2.05, 4.69) is 25.6 Å². The highest BCUT2D eigenvalue weighted by Gasteiger charge is 2.07. The van der Waals surface area contributed by atoms with Crippen molar-refractivity contribution in [3.05, 3.63) is 41.3 Å². The van der Waals surface area contributed by atoms with Crippen LogP contribution in [0, 0.1) is 12.3 Å². The maximum atomic E-state index is 11.9. The van der Waals surface area contributed by atoms with Gasteiger partial charge in [-0.1, -0.05) is 44.7 Å². The molecule has 1 amide bonds. The van der Waals surface area contributed by atoms with Crippen LogP contribution in [0.2, 0.25) is 5.02 Å². The number of halogens is 1. The Morgan fingerprint density at radius 3 is 2.68 bits per heavy atom. The van der Waals surface area contributed by atoms with Crippen LogP contribution < -0.4 is 5.32 Å². The van der Waals surface area contributed by atoms with E-state index >= 15 is 0 Å². The average Bonchev–Trinajstić information content (AvgIpc) is 2.42. The predicted octanol–water partition coefficient (Wildman–Crippen LogP) is 4.49. The fraction of sp³-hybridized carbons (Fsp3) is 0.500. The minimum atomic E-state index is -0.0305. The Morgan fingerprint density at radius 1 is 1.37 bits per heavy atom. The summed E-state index contributed by atoms with van der Waals surface area (Å²) in [5, 5.41) is 3.61. The highest BCUT2D eigenvalue weighted by molar-refractivity contribution is 6.30. The molecule has 19 heavy (non-hydrogen) atoms. The minimum absolute atomic E-state index is 0.0305. The fourth-order valence-corrected chi connectivity index (χ4v) is 1.93. The average molecular weight is 281 g/mol. The summed E-state index contributed by atoms with van der Waals surface area (Å²) in [5.74, 6) is 0.449. The number of hydrogen-bond donors (Lipinski definition) is 1. The van der Waals surface area contributed by atoms with E-state index in [4.69, 9.17) is 11.6 Å². The van der Waals surface area contributed by atoms with Crippen LogP contribution in [-0.4, -0.2) is 12.5 Å². The largest absolute Gasteiger partial charge is 0.352 e. The number of hydrogen-bond acceptors (Lipinski definition) is 1. The smallest absolute Gasteiger partial charge is 0.251 e. The number of nitrogens with one attached hydrogen (secondary N) is 1. The molecular formula is C16H23ClNO. The van der Waals surface area contributed by atoms with Gasteiger partial charge in [0.25, 0.3) is 5.91 Å². The van der Waals surface area contributed by atoms with Crippen LogP contribution in [0.5, 0.6) is 0 Å². The molecule has 2 nitrogen and oxygen atoms in total. The number of benzene rings is 1. The van der Waals surface area contributed by atoms with Gasteiger partial charge in [0.15, 0.2) is 0 Å². The molecule has 1 unspecified atom stereocenters. The van der Waals surface area contributed by atoms with Gasteiger partial charge in [-0.2, -0.15) is 0 Å². The van der Waals surface area contributed by atoms with Gasteiger partial charge in [0.1, 0.15) is 0 Å². The van der Waals surface area contributed by atoms with Gasteiger partial charge in [-0.25, -0.2) is 0 Å². The molecule has 105 valence electrons. The standard InChI is InChI=1S/C16H23ClNO/c1-3-4-5-6-7-13(2)12-18-16(19)14-8-10-15(17)11-9-14/h6,8-11,13H,3-5,7,12H2,1-2H3,(H,18,19). The summed E-state index contributed by atoms with van der Waals surface area (Å²) in [6.07, 6.45) is 7.04. The normalized spacial score (nSPS) is 12.2. The lowest BCUT2D eigenvalue weighted by atomic mass is 10.0. The van der Waals surface area contributed by atoms with E-state index in [1.54, 1.807) is 24.3 Å². The lowest BCUT2D eigenvalue weighted by Crippen LogP contribution is -2.28. The van der Waals surface area contributed by atoms with E-state index in [9.17, 15) is 4.79 Å². The molecule has 0 saturated heterocycles. The summed E-state index contributed by atoms with van der Waals surface area (Å²) in [6, 6.07) is 6.96. The quantitative estimate of drug-likeness (QED) is 0.699. The number of carbonyl (C=O) groups excluding carboxylic acids is 1. The molecule has 0 fully saturated rings. The minimum Gasteiger partial charge on any atom is -0.352 e. The summed E-state index contributed by atoms with van der Waals surface area (Å²) in [7, 11) is 0. The van der Waals surface area contributed by atoms with E-state index in [0.717, 1.165) is 6.42 Å². The predicted molar refractivity (Wildman–Crippen MR) is 81.4 cm³/mol. The third kappa shape index (κ3) is 6.63. The number of carbonyl (C=O) groups is 1. The second-order valence-electron chi connectivity index (χ2n) is 4.99. The van der Waals surface area contributed by atoms with Crippen LogP contribution in [0.15, 0.2) is 24.3 Å². The van der Waals surface area contributed by atoms with Crippen molar-refractivity contribution in [3.8, 4) is 0 Å². The molecule has 0 aliphatic carbocycles. The first kappa shape index (κ1) is 16.0. The summed E-state index contributed by atoms with van der Waals surface area (Å²) < 4.78 is 0. The Balaban J connectivity index is 2.24. The molecule has 0 heterocycles. The molecule has 1 radical (unpaired) electrons. The van der Waals surface area contributed by atoms with Crippen molar-refractivity contribution >= 4 is 17.5 Å². The molecule has 1 rings (SSSR count). The Morgan fingerprint density at radius 2 is 2.05 bits per heavy atom. The number of amides is 1. The first-order valence-corrected chi connectivity index (χ1v) is 7.36. The Labute approximate surface area is 121 Å². The lowest BCUT2D eigenvalue weighted by molar-refractivity contribution is 0.0948. The van der Waals surface area contributed by atoms with Gasteiger partial charge in [-0.15, -0.1) is 0 Å². The zero-order valence-electron chi connectivity index (χ0n) is 11.8. The van der Waals surface area contributed by atoms with Crippen LogP contribution in [0.25, 0.3) is 0 Å². The van der Waals surface area contributed by atoms with Crippen LogP contribution in [-0.2, 0) is 0 Å². The van der Waals surface area contributed by atoms with Crippen molar-refractivity contribution in [1.29, 1.82) is 0 Å². The third-order valence-corrected chi connectivity index (χ3v) is 3.30. The van der Waals surface area contributed by atoms with Crippen molar-refractivity contribution in [3.63, 3.8) is 0 Å². The fourth-order valence-electron chi connectivity index (χ4n) is 1.80. The van der Waals surface area contributed by atoms with Crippen molar-refractivity contribution in [2.24, 2.45) is 5.92 Å². The van der Waals surface area contributed by atoms with E-state index in [-0.39, 0.29) is 5.91 Å². The SMILES string of the molecule is CCCC[CH]CC(C)CNC(=O)c1ccc(Cl)cc1.